The van der Waals surface area contributed by atoms with E-state index < -0.39 is 11.4 Å². The third-order valence-corrected chi connectivity index (χ3v) is 6.07. The Morgan fingerprint density at radius 3 is 2.57 bits per heavy atom. The van der Waals surface area contributed by atoms with E-state index in [-0.39, 0.29) is 11.3 Å². The van der Waals surface area contributed by atoms with Crippen LogP contribution in [-0.4, -0.2) is 20.7 Å². The number of hydrogen-bond donors (Lipinski definition) is 0. The summed E-state index contributed by atoms with van der Waals surface area (Å²) in [6.07, 6.45) is 2.34. The second-order valence-electron chi connectivity index (χ2n) is 7.31. The molecule has 3 aromatic rings. The highest BCUT2D eigenvalue weighted by Gasteiger charge is 2.31. The van der Waals surface area contributed by atoms with E-state index in [1.54, 1.807) is 37.7 Å². The maximum atomic E-state index is 12.8. The van der Waals surface area contributed by atoms with Crippen LogP contribution in [0.3, 0.4) is 0 Å². The van der Waals surface area contributed by atoms with Crippen molar-refractivity contribution >= 4 is 40.2 Å². The lowest BCUT2D eigenvalue weighted by Crippen LogP contribution is -2.25. The summed E-state index contributed by atoms with van der Waals surface area (Å²) in [6.45, 7) is 7.27. The Labute approximate surface area is 184 Å². The number of thiazole rings is 1. The largest absolute Gasteiger partial charge is 0.423 e. The molecule has 0 radical (unpaired) electrons. The minimum absolute atomic E-state index is 0.129. The fourth-order valence-corrected chi connectivity index (χ4v) is 3.71. The molecule has 30 heavy (non-hydrogen) atoms. The van der Waals surface area contributed by atoms with Crippen molar-refractivity contribution in [2.45, 2.75) is 34.1 Å². The molecule has 0 aliphatic rings. The van der Waals surface area contributed by atoms with E-state index in [1.165, 1.54) is 0 Å². The summed E-state index contributed by atoms with van der Waals surface area (Å²) in [5.74, 6) is -0.302. The van der Waals surface area contributed by atoms with Crippen LogP contribution in [0.25, 0.3) is 17.0 Å². The Bertz CT molecular complexity index is 1140. The lowest BCUT2D eigenvalue weighted by atomic mass is 9.90. The quantitative estimate of drug-likeness (QED) is 0.280. The van der Waals surface area contributed by atoms with Crippen molar-refractivity contribution in [3.8, 4) is 11.8 Å². The van der Waals surface area contributed by atoms with Gasteiger partial charge < -0.3 is 4.74 Å². The fraction of sp³-hybridized carbons (Fsp3) is 0.273. The van der Waals surface area contributed by atoms with E-state index in [4.69, 9.17) is 16.3 Å². The second-order valence-corrected chi connectivity index (χ2v) is 8.89. The molecule has 0 saturated heterocycles. The Morgan fingerprint density at radius 2 is 2.00 bits per heavy atom. The molecular formula is C22H21ClN4O2S. The Balaban J connectivity index is 2.14. The molecule has 0 aliphatic heterocycles. The van der Waals surface area contributed by atoms with Gasteiger partial charge in [-0.15, -0.1) is 0 Å². The second kappa shape index (κ2) is 8.82. The summed E-state index contributed by atoms with van der Waals surface area (Å²) in [7, 11) is 0. The average molecular weight is 441 g/mol. The van der Waals surface area contributed by atoms with Gasteiger partial charge in [0.05, 0.1) is 21.7 Å². The van der Waals surface area contributed by atoms with E-state index >= 15 is 0 Å². The van der Waals surface area contributed by atoms with Crippen molar-refractivity contribution in [2.24, 2.45) is 5.41 Å². The standard InChI is InChI=1S/C22H21ClN4O2S/c1-5-22(3,4)20(28)29-18(19-14(2)25-21(23)30-19)16(13-24)17-11-12-27(26-17)15-9-7-6-8-10-15/h6-12H,5H2,1-4H3/b18-16-. The topological polar surface area (TPSA) is 80.8 Å². The first-order chi connectivity index (χ1) is 14.3. The number of carbonyl (C=O) groups is 1. The van der Waals surface area contributed by atoms with Crippen LogP contribution in [0.5, 0.6) is 0 Å². The number of carbonyl (C=O) groups excluding carboxylic acids is 1. The number of nitriles is 1. The number of aryl methyl sites for hydroxylation is 1. The van der Waals surface area contributed by atoms with Gasteiger partial charge in [-0.25, -0.2) is 9.67 Å². The van der Waals surface area contributed by atoms with Gasteiger partial charge in [0.1, 0.15) is 17.3 Å². The van der Waals surface area contributed by atoms with E-state index in [0.29, 0.717) is 27.2 Å². The van der Waals surface area contributed by atoms with Crippen molar-refractivity contribution in [1.82, 2.24) is 14.8 Å². The minimum atomic E-state index is -0.711. The first-order valence-corrected chi connectivity index (χ1v) is 10.6. The number of aromatic nitrogens is 3. The summed E-state index contributed by atoms with van der Waals surface area (Å²) in [4.78, 5) is 17.6. The number of rotatable bonds is 6. The molecule has 2 heterocycles. The van der Waals surface area contributed by atoms with Crippen molar-refractivity contribution in [1.29, 1.82) is 5.26 Å². The Morgan fingerprint density at radius 1 is 1.30 bits per heavy atom. The van der Waals surface area contributed by atoms with E-state index in [1.807, 2.05) is 37.3 Å². The highest BCUT2D eigenvalue weighted by Crippen LogP contribution is 2.36. The minimum Gasteiger partial charge on any atom is -0.423 e. The van der Waals surface area contributed by atoms with Gasteiger partial charge in [0.25, 0.3) is 0 Å². The molecule has 0 saturated carbocycles. The lowest BCUT2D eigenvalue weighted by molar-refractivity contribution is -0.146. The number of halogens is 1. The number of benzene rings is 1. The number of hydrogen-bond acceptors (Lipinski definition) is 6. The van der Waals surface area contributed by atoms with Crippen LogP contribution in [-0.2, 0) is 9.53 Å². The van der Waals surface area contributed by atoms with Crippen LogP contribution >= 0.6 is 22.9 Å². The number of para-hydroxylation sites is 1. The molecule has 0 bridgehead atoms. The zero-order valence-corrected chi connectivity index (χ0v) is 18.7. The molecule has 0 fully saturated rings. The maximum Gasteiger partial charge on any atom is 0.316 e. The summed E-state index contributed by atoms with van der Waals surface area (Å²) in [5, 5.41) is 14.5. The van der Waals surface area contributed by atoms with Gasteiger partial charge in [0.15, 0.2) is 10.2 Å². The zero-order chi connectivity index (χ0) is 21.9. The van der Waals surface area contributed by atoms with Gasteiger partial charge in [-0.1, -0.05) is 48.1 Å². The molecule has 0 aliphatic carbocycles. The molecule has 0 atom stereocenters. The molecule has 8 heteroatoms. The first kappa shape index (κ1) is 21.8. The van der Waals surface area contributed by atoms with Crippen LogP contribution in [0, 0.1) is 23.7 Å². The molecule has 154 valence electrons. The summed E-state index contributed by atoms with van der Waals surface area (Å²) < 4.78 is 7.75. The monoisotopic (exact) mass is 440 g/mol. The zero-order valence-electron chi connectivity index (χ0n) is 17.1. The van der Waals surface area contributed by atoms with Crippen LogP contribution < -0.4 is 0 Å². The lowest BCUT2D eigenvalue weighted by Gasteiger charge is -2.21. The van der Waals surface area contributed by atoms with Gasteiger partial charge in [-0.05, 0) is 45.4 Å². The average Bonchev–Trinajstić information content (AvgIpc) is 3.34. The normalized spacial score (nSPS) is 12.3. The molecule has 0 amide bonds. The van der Waals surface area contributed by atoms with Gasteiger partial charge in [-0.2, -0.15) is 10.4 Å². The molecule has 0 N–H and O–H groups in total. The van der Waals surface area contributed by atoms with Gasteiger partial charge >= 0.3 is 5.97 Å². The summed E-state index contributed by atoms with van der Waals surface area (Å²) >= 11 is 7.24. The smallest absolute Gasteiger partial charge is 0.316 e. The number of nitrogens with zero attached hydrogens (tertiary/aromatic N) is 4. The van der Waals surface area contributed by atoms with Crippen molar-refractivity contribution in [3.05, 3.63) is 63.3 Å². The molecule has 2 aromatic heterocycles. The summed E-state index contributed by atoms with van der Waals surface area (Å²) in [5.41, 5.74) is 1.26. The van der Waals surface area contributed by atoms with Crippen LogP contribution in [0.1, 0.15) is 43.5 Å². The molecule has 3 rings (SSSR count). The van der Waals surface area contributed by atoms with E-state index in [9.17, 15) is 10.1 Å². The van der Waals surface area contributed by atoms with Gasteiger partial charge in [0, 0.05) is 6.20 Å². The Kier molecular flexibility index (Phi) is 6.40. The van der Waals surface area contributed by atoms with Crippen molar-refractivity contribution in [2.75, 3.05) is 0 Å². The molecule has 1 aromatic carbocycles. The molecule has 6 nitrogen and oxygen atoms in total. The maximum absolute atomic E-state index is 12.8. The SMILES string of the molecule is CCC(C)(C)C(=O)O/C(=C(/C#N)c1ccn(-c2ccccc2)n1)c1sc(Cl)nc1C. The third-order valence-electron chi connectivity index (χ3n) is 4.81. The molecule has 0 spiro atoms. The predicted octanol–water partition coefficient (Wildman–Crippen LogP) is 5.66. The molecule has 0 unspecified atom stereocenters. The highest BCUT2D eigenvalue weighted by atomic mass is 35.5. The van der Waals surface area contributed by atoms with E-state index in [0.717, 1.165) is 17.0 Å². The Hall–Kier alpha value is -2.95. The highest BCUT2D eigenvalue weighted by molar-refractivity contribution is 7.16. The van der Waals surface area contributed by atoms with Gasteiger partial charge in [-0.3, -0.25) is 4.79 Å². The fourth-order valence-electron chi connectivity index (χ4n) is 2.57. The number of ether oxygens (including phenoxy) is 1. The van der Waals surface area contributed by atoms with Crippen molar-refractivity contribution in [3.63, 3.8) is 0 Å². The predicted molar refractivity (Wildman–Crippen MR) is 118 cm³/mol. The van der Waals surface area contributed by atoms with E-state index in [2.05, 4.69) is 16.2 Å². The first-order valence-electron chi connectivity index (χ1n) is 9.38. The third kappa shape index (κ3) is 4.45. The van der Waals surface area contributed by atoms with Crippen molar-refractivity contribution < 1.29 is 9.53 Å². The van der Waals surface area contributed by atoms with Crippen LogP contribution in [0.4, 0.5) is 0 Å². The number of esters is 1. The number of allylic oxidation sites excluding steroid dienone is 1. The van der Waals surface area contributed by atoms with Crippen LogP contribution in [0.2, 0.25) is 4.47 Å². The summed E-state index contributed by atoms with van der Waals surface area (Å²) in [6, 6.07) is 13.4. The van der Waals surface area contributed by atoms with Crippen LogP contribution in [0.15, 0.2) is 42.6 Å². The molecular weight excluding hydrogens is 420 g/mol. The van der Waals surface area contributed by atoms with Gasteiger partial charge in [0.2, 0.25) is 0 Å².